The van der Waals surface area contributed by atoms with Crippen LogP contribution >= 0.6 is 11.8 Å². The van der Waals surface area contributed by atoms with Gasteiger partial charge in [-0.25, -0.2) is 9.59 Å². The molecule has 0 radical (unpaired) electrons. The SMILES string of the molecule is COC(=O)CC(SCCNC(=O)CCNC(=O)[C@@H]1OC(=O)C(=O)OCC1(C)C)C(=O)OC. The van der Waals surface area contributed by atoms with Gasteiger partial charge in [0.05, 0.1) is 20.6 Å². The Bertz CT molecular complexity index is 740. The first-order valence-electron chi connectivity index (χ1n) is 9.70. The zero-order chi connectivity index (χ0) is 24.3. The molecule has 32 heavy (non-hydrogen) atoms. The molecule has 180 valence electrons. The molecule has 0 bridgehead atoms. The van der Waals surface area contributed by atoms with Crippen molar-refractivity contribution in [1.29, 1.82) is 0 Å². The van der Waals surface area contributed by atoms with Gasteiger partial charge in [-0.2, -0.15) is 0 Å². The van der Waals surface area contributed by atoms with Gasteiger partial charge in [-0.15, -0.1) is 11.8 Å². The van der Waals surface area contributed by atoms with E-state index < -0.39 is 46.6 Å². The molecule has 0 spiro atoms. The van der Waals surface area contributed by atoms with Gasteiger partial charge in [-0.05, 0) is 0 Å². The molecule has 0 aromatic heterocycles. The molecule has 12 nitrogen and oxygen atoms in total. The summed E-state index contributed by atoms with van der Waals surface area (Å²) in [5.41, 5.74) is -0.939. The van der Waals surface area contributed by atoms with Gasteiger partial charge >= 0.3 is 23.9 Å². The average Bonchev–Trinajstić information content (AvgIpc) is 2.85. The zero-order valence-electron chi connectivity index (χ0n) is 18.4. The number of thioether (sulfide) groups is 1. The lowest BCUT2D eigenvalue weighted by molar-refractivity contribution is -0.168. The van der Waals surface area contributed by atoms with Crippen molar-refractivity contribution in [3.05, 3.63) is 0 Å². The third-order valence-corrected chi connectivity index (χ3v) is 5.55. The summed E-state index contributed by atoms with van der Waals surface area (Å²) in [4.78, 5) is 70.2. The maximum absolute atomic E-state index is 12.4. The smallest absolute Gasteiger partial charge is 0.418 e. The van der Waals surface area contributed by atoms with E-state index in [9.17, 15) is 28.8 Å². The monoisotopic (exact) mass is 476 g/mol. The summed E-state index contributed by atoms with van der Waals surface area (Å²) in [7, 11) is 2.43. The van der Waals surface area contributed by atoms with Crippen LogP contribution in [0.25, 0.3) is 0 Å². The second-order valence-electron chi connectivity index (χ2n) is 7.40. The lowest BCUT2D eigenvalue weighted by atomic mass is 9.87. The number of ether oxygens (including phenoxy) is 4. The van der Waals surface area contributed by atoms with Crippen molar-refractivity contribution >= 4 is 47.5 Å². The highest BCUT2D eigenvalue weighted by Gasteiger charge is 2.44. The van der Waals surface area contributed by atoms with E-state index in [1.54, 1.807) is 13.8 Å². The van der Waals surface area contributed by atoms with Crippen LogP contribution in [0, 0.1) is 5.41 Å². The summed E-state index contributed by atoms with van der Waals surface area (Å²) in [5, 5.41) is 4.38. The van der Waals surface area contributed by atoms with Gasteiger partial charge in [0.25, 0.3) is 5.91 Å². The van der Waals surface area contributed by atoms with Crippen LogP contribution in [-0.2, 0) is 47.7 Å². The normalized spacial score (nSPS) is 18.3. The van der Waals surface area contributed by atoms with Crippen LogP contribution in [0.15, 0.2) is 0 Å². The molecular weight excluding hydrogens is 448 g/mol. The Kier molecular flexibility index (Phi) is 11.0. The number of methoxy groups -OCH3 is 2. The molecule has 2 amide bonds. The Balaban J connectivity index is 2.38. The summed E-state index contributed by atoms with van der Waals surface area (Å²) in [5.74, 6) is -4.18. The van der Waals surface area contributed by atoms with E-state index in [2.05, 4.69) is 20.1 Å². The molecule has 1 unspecified atom stereocenters. The molecule has 1 fully saturated rings. The lowest BCUT2D eigenvalue weighted by Crippen LogP contribution is -2.47. The molecule has 1 aliphatic rings. The van der Waals surface area contributed by atoms with Crippen LogP contribution in [0.4, 0.5) is 0 Å². The minimum atomic E-state index is -1.25. The molecule has 1 saturated heterocycles. The predicted molar refractivity (Wildman–Crippen MR) is 110 cm³/mol. The molecule has 0 aromatic rings. The first-order valence-corrected chi connectivity index (χ1v) is 10.7. The number of carbonyl (C=O) groups excluding carboxylic acids is 6. The van der Waals surface area contributed by atoms with Gasteiger partial charge in [0.1, 0.15) is 11.9 Å². The van der Waals surface area contributed by atoms with E-state index in [0.717, 1.165) is 11.8 Å². The predicted octanol–water partition coefficient (Wildman–Crippen LogP) is -1.06. The first kappa shape index (κ1) is 27.2. The van der Waals surface area contributed by atoms with Crippen molar-refractivity contribution < 1.29 is 47.7 Å². The number of amides is 2. The maximum atomic E-state index is 12.4. The van der Waals surface area contributed by atoms with Crippen molar-refractivity contribution in [2.45, 2.75) is 38.0 Å². The van der Waals surface area contributed by atoms with Crippen molar-refractivity contribution in [3.8, 4) is 0 Å². The van der Waals surface area contributed by atoms with Crippen LogP contribution in [0.3, 0.4) is 0 Å². The van der Waals surface area contributed by atoms with E-state index in [4.69, 9.17) is 9.47 Å². The fourth-order valence-electron chi connectivity index (χ4n) is 2.56. The van der Waals surface area contributed by atoms with Crippen molar-refractivity contribution in [1.82, 2.24) is 10.6 Å². The highest BCUT2D eigenvalue weighted by Crippen LogP contribution is 2.27. The number of cyclic esters (lactones) is 2. The van der Waals surface area contributed by atoms with Gasteiger partial charge in [-0.3, -0.25) is 19.2 Å². The second-order valence-corrected chi connectivity index (χ2v) is 8.71. The van der Waals surface area contributed by atoms with E-state index >= 15 is 0 Å². The van der Waals surface area contributed by atoms with Crippen LogP contribution in [0.5, 0.6) is 0 Å². The summed E-state index contributed by atoms with van der Waals surface area (Å²) < 4.78 is 18.9. The molecule has 0 saturated carbocycles. The van der Waals surface area contributed by atoms with Gasteiger partial charge in [0, 0.05) is 30.7 Å². The number of esters is 4. The highest BCUT2D eigenvalue weighted by atomic mass is 32.2. The minimum absolute atomic E-state index is 0.0239. The molecule has 1 rings (SSSR count). The number of hydrogen-bond acceptors (Lipinski definition) is 11. The summed E-state index contributed by atoms with van der Waals surface area (Å²) in [6.07, 6.45) is -1.44. The lowest BCUT2D eigenvalue weighted by Gasteiger charge is -2.28. The van der Waals surface area contributed by atoms with Crippen LogP contribution in [0.1, 0.15) is 26.7 Å². The fourth-order valence-corrected chi connectivity index (χ4v) is 3.55. The second kappa shape index (κ2) is 12.9. The number of rotatable bonds is 11. The van der Waals surface area contributed by atoms with Gasteiger partial charge in [0.2, 0.25) is 5.91 Å². The van der Waals surface area contributed by atoms with Crippen LogP contribution in [0.2, 0.25) is 0 Å². The first-order chi connectivity index (χ1) is 15.0. The van der Waals surface area contributed by atoms with Gasteiger partial charge in [0.15, 0.2) is 6.10 Å². The topological polar surface area (TPSA) is 163 Å². The number of nitrogens with one attached hydrogen (secondary N) is 2. The largest absolute Gasteiger partial charge is 0.469 e. The van der Waals surface area contributed by atoms with Crippen LogP contribution in [-0.4, -0.2) is 86.7 Å². The third-order valence-electron chi connectivity index (χ3n) is 4.35. The van der Waals surface area contributed by atoms with E-state index in [-0.39, 0.29) is 38.4 Å². The summed E-state index contributed by atoms with van der Waals surface area (Å²) >= 11 is 1.14. The molecule has 0 aromatic carbocycles. The number of hydrogen-bond donors (Lipinski definition) is 2. The molecule has 13 heteroatoms. The molecule has 1 heterocycles. The van der Waals surface area contributed by atoms with E-state index in [1.165, 1.54) is 14.2 Å². The molecule has 0 aliphatic carbocycles. The standard InChI is InChI=1S/C19H28N2O10S/c1-19(2)10-30-17(26)18(27)31-14(19)15(24)21-6-5-12(22)20-7-8-32-11(16(25)29-4)9-13(23)28-3/h11,14H,5-10H2,1-4H3,(H,20,22)(H,21,24)/t11?,14-/m0/s1. The van der Waals surface area contributed by atoms with Crippen LogP contribution < -0.4 is 10.6 Å². The van der Waals surface area contributed by atoms with Crippen molar-refractivity contribution in [2.24, 2.45) is 5.41 Å². The average molecular weight is 477 g/mol. The quantitative estimate of drug-likeness (QED) is 0.162. The van der Waals surface area contributed by atoms with Crippen molar-refractivity contribution in [2.75, 3.05) is 39.7 Å². The number of carbonyl (C=O) groups is 6. The zero-order valence-corrected chi connectivity index (χ0v) is 19.2. The molecular formula is C19H28N2O10S. The Hall–Kier alpha value is -2.83. The summed E-state index contributed by atoms with van der Waals surface area (Å²) in [6.45, 7) is 3.24. The van der Waals surface area contributed by atoms with Gasteiger partial charge in [-0.1, -0.05) is 13.8 Å². The fraction of sp³-hybridized carbons (Fsp3) is 0.684. The van der Waals surface area contributed by atoms with E-state index in [0.29, 0.717) is 5.75 Å². The minimum Gasteiger partial charge on any atom is -0.469 e. The Morgan fingerprint density at radius 1 is 1.09 bits per heavy atom. The Morgan fingerprint density at radius 3 is 2.41 bits per heavy atom. The highest BCUT2D eigenvalue weighted by molar-refractivity contribution is 8.00. The molecule has 2 N–H and O–H groups in total. The molecule has 2 atom stereocenters. The van der Waals surface area contributed by atoms with Gasteiger partial charge < -0.3 is 29.6 Å². The molecule has 1 aliphatic heterocycles. The third kappa shape index (κ3) is 8.73. The summed E-state index contributed by atoms with van der Waals surface area (Å²) in [6, 6.07) is 0. The Morgan fingerprint density at radius 2 is 1.78 bits per heavy atom. The van der Waals surface area contributed by atoms with E-state index in [1.807, 2.05) is 0 Å². The van der Waals surface area contributed by atoms with Crippen molar-refractivity contribution in [3.63, 3.8) is 0 Å². The maximum Gasteiger partial charge on any atom is 0.418 e. The Labute approximate surface area is 189 Å².